The molecule has 0 aliphatic carbocycles. The van der Waals surface area contributed by atoms with E-state index >= 15 is 0 Å². The highest BCUT2D eigenvalue weighted by molar-refractivity contribution is 5.85. The molecule has 29 heavy (non-hydrogen) atoms. The highest BCUT2D eigenvalue weighted by Gasteiger charge is 2.56. The Hall–Kier alpha value is -2.21. The zero-order valence-corrected chi connectivity index (χ0v) is 17.3. The number of carbonyl (C=O) groups is 1. The fraction of sp³-hybridized carbons (Fsp3) is 0.458. The van der Waals surface area contributed by atoms with Crippen LogP contribution < -0.4 is 0 Å². The smallest absolute Gasteiger partial charge is 0.347 e. The molecule has 0 amide bonds. The van der Waals surface area contributed by atoms with E-state index in [0.717, 1.165) is 23.7 Å². The summed E-state index contributed by atoms with van der Waals surface area (Å²) in [6.07, 6.45) is 2.47. The van der Waals surface area contributed by atoms with Crippen molar-refractivity contribution in [2.24, 2.45) is 0 Å². The van der Waals surface area contributed by atoms with Crippen LogP contribution in [0.2, 0.25) is 0 Å². The van der Waals surface area contributed by atoms with Crippen LogP contribution in [-0.2, 0) is 19.9 Å². The number of quaternary nitrogens is 1. The lowest BCUT2D eigenvalue weighted by Crippen LogP contribution is -2.58. The third-order valence-electron chi connectivity index (χ3n) is 7.02. The SMILES string of the molecule is COC1CC2C[C@H](OC(=O)C(O)(c3ccccc3)c3ccccc3)CC1[N+]2(C)C. The summed E-state index contributed by atoms with van der Waals surface area (Å²) >= 11 is 0. The van der Waals surface area contributed by atoms with Crippen LogP contribution in [0.3, 0.4) is 0 Å². The van der Waals surface area contributed by atoms with E-state index in [1.807, 2.05) is 36.4 Å². The third-order valence-corrected chi connectivity index (χ3v) is 7.02. The first-order valence-electron chi connectivity index (χ1n) is 10.3. The number of esters is 1. The molecule has 2 bridgehead atoms. The van der Waals surface area contributed by atoms with E-state index in [4.69, 9.17) is 9.47 Å². The zero-order chi connectivity index (χ0) is 20.6. The van der Waals surface area contributed by atoms with Crippen molar-refractivity contribution in [1.29, 1.82) is 0 Å². The maximum Gasteiger partial charge on any atom is 0.347 e. The number of hydrogen-bond donors (Lipinski definition) is 1. The molecule has 2 aromatic rings. The van der Waals surface area contributed by atoms with Gasteiger partial charge in [-0.3, -0.25) is 0 Å². The lowest BCUT2D eigenvalue weighted by Gasteiger charge is -2.44. The van der Waals surface area contributed by atoms with Gasteiger partial charge in [-0.15, -0.1) is 0 Å². The summed E-state index contributed by atoms with van der Waals surface area (Å²) in [5.74, 6) is -0.611. The Labute approximate surface area is 172 Å². The Morgan fingerprint density at radius 3 is 2.03 bits per heavy atom. The Kier molecular flexibility index (Phi) is 5.23. The number of ether oxygens (including phenoxy) is 2. The largest absolute Gasteiger partial charge is 0.459 e. The maximum atomic E-state index is 13.4. The van der Waals surface area contributed by atoms with Crippen molar-refractivity contribution in [3.63, 3.8) is 0 Å². The first-order valence-corrected chi connectivity index (χ1v) is 10.3. The predicted molar refractivity (Wildman–Crippen MR) is 110 cm³/mol. The van der Waals surface area contributed by atoms with Crippen molar-refractivity contribution in [2.45, 2.75) is 49.2 Å². The molecule has 4 atom stereocenters. The number of fused-ring (bicyclic) bond motifs is 2. The Morgan fingerprint density at radius 1 is 0.966 bits per heavy atom. The van der Waals surface area contributed by atoms with Gasteiger partial charge in [0.05, 0.1) is 20.1 Å². The van der Waals surface area contributed by atoms with Crippen molar-refractivity contribution in [3.05, 3.63) is 71.8 Å². The molecule has 0 saturated carbocycles. The van der Waals surface area contributed by atoms with Gasteiger partial charge in [0, 0.05) is 26.4 Å². The number of aliphatic hydroxyl groups is 1. The van der Waals surface area contributed by atoms with Gasteiger partial charge in [0.2, 0.25) is 5.60 Å². The van der Waals surface area contributed by atoms with E-state index in [1.54, 1.807) is 31.4 Å². The maximum absolute atomic E-state index is 13.4. The monoisotopic (exact) mass is 396 g/mol. The van der Waals surface area contributed by atoms with Crippen LogP contribution in [0.1, 0.15) is 30.4 Å². The average Bonchev–Trinajstić information content (AvgIpc) is 2.87. The minimum atomic E-state index is -1.83. The number of carbonyl (C=O) groups excluding carboxylic acids is 1. The topological polar surface area (TPSA) is 55.8 Å². The second-order valence-electron chi connectivity index (χ2n) is 8.80. The van der Waals surface area contributed by atoms with Crippen molar-refractivity contribution < 1.29 is 23.9 Å². The summed E-state index contributed by atoms with van der Waals surface area (Å²) in [5, 5.41) is 11.6. The van der Waals surface area contributed by atoms with E-state index < -0.39 is 11.6 Å². The first-order chi connectivity index (χ1) is 13.9. The van der Waals surface area contributed by atoms with Crippen molar-refractivity contribution in [1.82, 2.24) is 0 Å². The van der Waals surface area contributed by atoms with Crippen LogP contribution in [-0.4, -0.2) is 61.1 Å². The predicted octanol–water partition coefficient (Wildman–Crippen LogP) is 2.86. The molecule has 2 aliphatic heterocycles. The lowest BCUT2D eigenvalue weighted by atomic mass is 9.86. The Bertz CT molecular complexity index is 812. The number of methoxy groups -OCH3 is 1. The number of benzene rings is 2. The van der Waals surface area contributed by atoms with Gasteiger partial charge in [0.25, 0.3) is 0 Å². The number of rotatable bonds is 5. The van der Waals surface area contributed by atoms with Crippen molar-refractivity contribution in [3.8, 4) is 0 Å². The summed E-state index contributed by atoms with van der Waals surface area (Å²) in [7, 11) is 6.23. The molecule has 2 fully saturated rings. The molecule has 2 heterocycles. The summed E-state index contributed by atoms with van der Waals surface area (Å²) in [5.41, 5.74) is -0.800. The molecule has 2 aliphatic rings. The van der Waals surface area contributed by atoms with Crippen LogP contribution in [0.15, 0.2) is 60.7 Å². The van der Waals surface area contributed by atoms with Crippen LogP contribution in [0.4, 0.5) is 0 Å². The summed E-state index contributed by atoms with van der Waals surface area (Å²) < 4.78 is 12.6. The van der Waals surface area contributed by atoms with Crippen LogP contribution in [0.5, 0.6) is 0 Å². The molecule has 4 rings (SSSR count). The molecule has 2 saturated heterocycles. The molecule has 0 spiro atoms. The van der Waals surface area contributed by atoms with Crippen molar-refractivity contribution in [2.75, 3.05) is 21.2 Å². The van der Waals surface area contributed by atoms with E-state index in [9.17, 15) is 9.90 Å². The number of piperidine rings is 1. The van der Waals surface area contributed by atoms with Crippen molar-refractivity contribution >= 4 is 5.97 Å². The minimum Gasteiger partial charge on any atom is -0.459 e. The molecule has 1 N–H and O–H groups in total. The molecule has 2 aromatic carbocycles. The number of hydrogen-bond acceptors (Lipinski definition) is 4. The van der Waals surface area contributed by atoms with E-state index in [2.05, 4.69) is 14.1 Å². The van der Waals surface area contributed by atoms with Gasteiger partial charge in [-0.2, -0.15) is 0 Å². The fourth-order valence-electron chi connectivity index (χ4n) is 5.20. The molecular weight excluding hydrogens is 366 g/mol. The second kappa shape index (κ2) is 7.56. The van der Waals surface area contributed by atoms with Gasteiger partial charge in [-0.05, 0) is 11.1 Å². The summed E-state index contributed by atoms with van der Waals surface area (Å²) in [6.45, 7) is 0. The highest BCUT2D eigenvalue weighted by atomic mass is 16.6. The van der Waals surface area contributed by atoms with Gasteiger partial charge in [0.1, 0.15) is 18.2 Å². The second-order valence-corrected chi connectivity index (χ2v) is 8.80. The standard InChI is InChI=1S/C24H30NO4/c1-25(2)19-14-20(16-21(25)22(15-19)28-3)29-23(26)24(27,17-10-6-4-7-11-17)18-12-8-5-9-13-18/h4-13,19-22,27H,14-16H2,1-3H3/q+1/t19?,20-,21?,22?/m0/s1. The van der Waals surface area contributed by atoms with E-state index in [1.165, 1.54) is 0 Å². The molecule has 0 radical (unpaired) electrons. The molecular formula is C24H30NO4+. The number of likely N-dealkylation sites (N-methyl/N-ethyl adjacent to an activating group) is 1. The molecule has 5 nitrogen and oxygen atoms in total. The van der Waals surface area contributed by atoms with Gasteiger partial charge in [-0.1, -0.05) is 60.7 Å². The zero-order valence-electron chi connectivity index (χ0n) is 17.3. The minimum absolute atomic E-state index is 0.181. The Morgan fingerprint density at radius 2 is 1.52 bits per heavy atom. The first kappa shape index (κ1) is 20.1. The average molecular weight is 397 g/mol. The van der Waals surface area contributed by atoms with Crippen LogP contribution in [0, 0.1) is 0 Å². The van der Waals surface area contributed by atoms with Gasteiger partial charge >= 0.3 is 5.97 Å². The summed E-state index contributed by atoms with van der Waals surface area (Å²) in [6, 6.07) is 18.7. The molecule has 0 aromatic heterocycles. The third kappa shape index (κ3) is 3.37. The molecule has 154 valence electrons. The molecule has 3 unspecified atom stereocenters. The highest BCUT2D eigenvalue weighted by Crippen LogP contribution is 2.43. The van der Waals surface area contributed by atoms with Crippen LogP contribution >= 0.6 is 0 Å². The molecule has 5 heteroatoms. The van der Waals surface area contributed by atoms with Crippen LogP contribution in [0.25, 0.3) is 0 Å². The lowest BCUT2D eigenvalue weighted by molar-refractivity contribution is -0.932. The van der Waals surface area contributed by atoms with E-state index in [-0.39, 0.29) is 18.2 Å². The van der Waals surface area contributed by atoms with Gasteiger partial charge in [-0.25, -0.2) is 4.79 Å². The quantitative estimate of drug-likeness (QED) is 0.624. The van der Waals surface area contributed by atoms with Gasteiger partial charge < -0.3 is 19.1 Å². The Balaban J connectivity index is 1.61. The fourth-order valence-corrected chi connectivity index (χ4v) is 5.20. The van der Waals surface area contributed by atoms with E-state index in [0.29, 0.717) is 17.2 Å². The summed E-state index contributed by atoms with van der Waals surface area (Å²) in [4.78, 5) is 13.4. The van der Waals surface area contributed by atoms with Gasteiger partial charge in [0.15, 0.2) is 0 Å². The number of nitrogens with zero attached hydrogens (tertiary/aromatic N) is 1. The normalized spacial score (nSPS) is 28.1.